The standard InChI is InChI=1S/C9H2Cl4F3N/c10-4-2-1-3(9(14,15)16)17-8(2)7(13)6(12)5(4)11/h1H2. The van der Waals surface area contributed by atoms with E-state index in [0.717, 1.165) is 0 Å². The fraction of sp³-hybridized carbons (Fsp3) is 0.222. The molecular weight excluding hydrogens is 321 g/mol. The number of halogens is 7. The van der Waals surface area contributed by atoms with Crippen molar-refractivity contribution in [2.24, 2.45) is 4.99 Å². The van der Waals surface area contributed by atoms with Crippen molar-refractivity contribution in [1.29, 1.82) is 0 Å². The minimum absolute atomic E-state index is 0.0425. The van der Waals surface area contributed by atoms with Crippen molar-refractivity contribution in [3.8, 4) is 0 Å². The molecule has 0 bridgehead atoms. The lowest BCUT2D eigenvalue weighted by atomic mass is 10.1. The summed E-state index contributed by atoms with van der Waals surface area (Å²) in [7, 11) is 0. The number of fused-ring (bicyclic) bond motifs is 1. The summed E-state index contributed by atoms with van der Waals surface area (Å²) in [5, 5.41) is -0.311. The van der Waals surface area contributed by atoms with E-state index in [9.17, 15) is 13.2 Å². The predicted octanol–water partition coefficient (Wildman–Crippen LogP) is 5.49. The summed E-state index contributed by atoms with van der Waals surface area (Å²) in [6.45, 7) is 0. The number of nitrogens with zero attached hydrogens (tertiary/aromatic N) is 1. The van der Waals surface area contributed by atoms with Crippen LogP contribution in [0.1, 0.15) is 5.56 Å². The molecule has 1 heterocycles. The molecule has 1 nitrogen and oxygen atoms in total. The monoisotopic (exact) mass is 321 g/mol. The fourth-order valence-electron chi connectivity index (χ4n) is 1.45. The molecule has 17 heavy (non-hydrogen) atoms. The summed E-state index contributed by atoms with van der Waals surface area (Å²) in [5.41, 5.74) is -0.869. The molecule has 0 spiro atoms. The van der Waals surface area contributed by atoms with Gasteiger partial charge in [0, 0.05) is 12.0 Å². The van der Waals surface area contributed by atoms with Crippen molar-refractivity contribution >= 4 is 57.8 Å². The van der Waals surface area contributed by atoms with Crippen LogP contribution < -0.4 is 0 Å². The fourth-order valence-corrected chi connectivity index (χ4v) is 2.44. The molecule has 8 heteroatoms. The van der Waals surface area contributed by atoms with Crippen molar-refractivity contribution in [2.45, 2.75) is 12.6 Å². The second-order valence-corrected chi connectivity index (χ2v) is 4.83. The Balaban J connectivity index is 2.63. The number of hydrogen-bond donors (Lipinski definition) is 0. The summed E-state index contributed by atoms with van der Waals surface area (Å²) in [6.07, 6.45) is -4.97. The highest BCUT2D eigenvalue weighted by Crippen LogP contribution is 2.49. The van der Waals surface area contributed by atoms with Crippen LogP contribution in [-0.4, -0.2) is 11.9 Å². The Hall–Kier alpha value is -0.160. The summed E-state index contributed by atoms with van der Waals surface area (Å²) in [4.78, 5) is 3.42. The van der Waals surface area contributed by atoms with Crippen LogP contribution in [0.15, 0.2) is 4.99 Å². The Morgan fingerprint density at radius 2 is 1.41 bits per heavy atom. The van der Waals surface area contributed by atoms with Gasteiger partial charge >= 0.3 is 6.18 Å². The van der Waals surface area contributed by atoms with Gasteiger partial charge in [0.25, 0.3) is 0 Å². The molecule has 1 aliphatic rings. The lowest BCUT2D eigenvalue weighted by Crippen LogP contribution is -2.22. The summed E-state index contributed by atoms with van der Waals surface area (Å²) in [6, 6.07) is 0. The van der Waals surface area contributed by atoms with Crippen LogP contribution in [0.4, 0.5) is 18.9 Å². The van der Waals surface area contributed by atoms with Crippen molar-refractivity contribution < 1.29 is 13.2 Å². The van der Waals surface area contributed by atoms with Crippen LogP contribution in [0.3, 0.4) is 0 Å². The van der Waals surface area contributed by atoms with Crippen LogP contribution in [-0.2, 0) is 6.42 Å². The average Bonchev–Trinajstić information content (AvgIpc) is 2.67. The van der Waals surface area contributed by atoms with Crippen molar-refractivity contribution in [1.82, 2.24) is 0 Å². The predicted molar refractivity (Wildman–Crippen MR) is 63.3 cm³/mol. The Bertz CT molecular complexity index is 536. The third-order valence-corrected chi connectivity index (χ3v) is 4.09. The van der Waals surface area contributed by atoms with E-state index in [1.165, 1.54) is 0 Å². The minimum Gasteiger partial charge on any atom is -0.246 e. The van der Waals surface area contributed by atoms with Crippen molar-refractivity contribution in [3.05, 3.63) is 25.7 Å². The number of aliphatic imine (C=N–C) groups is 1. The number of alkyl halides is 3. The molecule has 0 aliphatic carbocycles. The van der Waals surface area contributed by atoms with Crippen molar-refractivity contribution in [2.75, 3.05) is 0 Å². The van der Waals surface area contributed by atoms with Gasteiger partial charge in [-0.05, 0) is 0 Å². The quantitative estimate of drug-likeness (QED) is 0.442. The Labute approximate surface area is 114 Å². The molecule has 1 aromatic rings. The van der Waals surface area contributed by atoms with E-state index in [1.54, 1.807) is 0 Å². The molecule has 0 saturated carbocycles. The number of benzene rings is 1. The Kier molecular flexibility index (Phi) is 3.28. The number of rotatable bonds is 0. The lowest BCUT2D eigenvalue weighted by Gasteiger charge is -2.08. The van der Waals surface area contributed by atoms with Crippen molar-refractivity contribution in [3.63, 3.8) is 0 Å². The maximum absolute atomic E-state index is 12.5. The van der Waals surface area contributed by atoms with E-state index in [1.807, 2.05) is 0 Å². The van der Waals surface area contributed by atoms with E-state index in [2.05, 4.69) is 4.99 Å². The molecule has 1 aromatic carbocycles. The van der Waals surface area contributed by atoms with E-state index in [0.29, 0.717) is 0 Å². The van der Waals surface area contributed by atoms with Gasteiger partial charge < -0.3 is 0 Å². The number of hydrogen-bond acceptors (Lipinski definition) is 1. The van der Waals surface area contributed by atoms with Gasteiger partial charge in [0.05, 0.1) is 25.8 Å². The molecule has 0 saturated heterocycles. The normalized spacial score (nSPS) is 14.9. The van der Waals surface area contributed by atoms with Crippen LogP contribution >= 0.6 is 46.4 Å². The second-order valence-electron chi connectivity index (χ2n) is 3.32. The Morgan fingerprint density at radius 3 is 1.94 bits per heavy atom. The second kappa shape index (κ2) is 4.19. The first kappa shape index (κ1) is 13.3. The van der Waals surface area contributed by atoms with Gasteiger partial charge in [0.15, 0.2) is 0 Å². The molecular formula is C9H2Cl4F3N. The van der Waals surface area contributed by atoms with Gasteiger partial charge in [-0.2, -0.15) is 13.2 Å². The summed E-state index contributed by atoms with van der Waals surface area (Å²) >= 11 is 23.1. The molecule has 1 aliphatic heterocycles. The molecule has 92 valence electrons. The van der Waals surface area contributed by atoms with E-state index in [4.69, 9.17) is 46.4 Å². The third-order valence-electron chi connectivity index (χ3n) is 2.26. The van der Waals surface area contributed by atoms with Crippen LogP contribution in [0.5, 0.6) is 0 Å². The van der Waals surface area contributed by atoms with Gasteiger partial charge in [-0.25, -0.2) is 4.99 Å². The smallest absolute Gasteiger partial charge is 0.246 e. The van der Waals surface area contributed by atoms with E-state index in [-0.39, 0.29) is 31.3 Å². The first-order valence-corrected chi connectivity index (χ1v) is 5.74. The van der Waals surface area contributed by atoms with Gasteiger partial charge in [-0.3, -0.25) is 0 Å². The first-order valence-electron chi connectivity index (χ1n) is 4.23. The molecule has 0 unspecified atom stereocenters. The molecule has 0 fully saturated rings. The third kappa shape index (κ3) is 2.12. The summed E-state index contributed by atoms with van der Waals surface area (Å²) in [5.74, 6) is 0. The molecule has 0 aromatic heterocycles. The summed E-state index contributed by atoms with van der Waals surface area (Å²) < 4.78 is 37.5. The Morgan fingerprint density at radius 1 is 0.882 bits per heavy atom. The van der Waals surface area contributed by atoms with Gasteiger partial charge in [0.1, 0.15) is 5.71 Å². The highest BCUT2D eigenvalue weighted by atomic mass is 35.5. The van der Waals surface area contributed by atoms with Crippen LogP contribution in [0.25, 0.3) is 0 Å². The maximum Gasteiger partial charge on any atom is 0.429 e. The first-order chi connectivity index (χ1) is 7.73. The topological polar surface area (TPSA) is 12.4 Å². The van der Waals surface area contributed by atoms with Crippen LogP contribution in [0, 0.1) is 0 Å². The highest BCUT2D eigenvalue weighted by Gasteiger charge is 2.40. The zero-order valence-electron chi connectivity index (χ0n) is 7.80. The SMILES string of the molecule is FC(F)(F)C1=Nc2c(Cl)c(Cl)c(Cl)c(Cl)c2C1. The van der Waals surface area contributed by atoms with Gasteiger partial charge in [-0.15, -0.1) is 0 Å². The molecule has 0 atom stereocenters. The molecule has 0 radical (unpaired) electrons. The van der Waals surface area contributed by atoms with Gasteiger partial charge in [0.2, 0.25) is 0 Å². The molecule has 0 amide bonds. The largest absolute Gasteiger partial charge is 0.429 e. The zero-order valence-corrected chi connectivity index (χ0v) is 10.8. The maximum atomic E-state index is 12.5. The highest BCUT2D eigenvalue weighted by molar-refractivity contribution is 6.53. The minimum atomic E-state index is -4.52. The van der Waals surface area contributed by atoms with E-state index < -0.39 is 18.3 Å². The van der Waals surface area contributed by atoms with Gasteiger partial charge in [-0.1, -0.05) is 46.4 Å². The average molecular weight is 323 g/mol. The van der Waals surface area contributed by atoms with Crippen LogP contribution in [0.2, 0.25) is 20.1 Å². The molecule has 0 N–H and O–H groups in total. The zero-order chi connectivity index (χ0) is 13.0. The lowest BCUT2D eigenvalue weighted by molar-refractivity contribution is -0.0597. The molecule has 2 rings (SSSR count). The van der Waals surface area contributed by atoms with E-state index >= 15 is 0 Å².